The SMILES string of the molecule is COC(=O)C1Cc2c(F)cccc2C1=O. The highest BCUT2D eigenvalue weighted by Crippen LogP contribution is 2.29. The average Bonchev–Trinajstić information content (AvgIpc) is 2.57. The lowest BCUT2D eigenvalue weighted by Crippen LogP contribution is -2.21. The maximum Gasteiger partial charge on any atom is 0.316 e. The van der Waals surface area contributed by atoms with Gasteiger partial charge >= 0.3 is 5.97 Å². The van der Waals surface area contributed by atoms with Gasteiger partial charge in [-0.15, -0.1) is 0 Å². The van der Waals surface area contributed by atoms with Crippen LogP contribution in [-0.2, 0) is 16.0 Å². The summed E-state index contributed by atoms with van der Waals surface area (Å²) in [5.74, 6) is -2.26. The molecule has 0 N–H and O–H groups in total. The molecule has 1 atom stereocenters. The number of fused-ring (bicyclic) bond motifs is 1. The van der Waals surface area contributed by atoms with Crippen LogP contribution >= 0.6 is 0 Å². The van der Waals surface area contributed by atoms with Crippen LogP contribution in [0.3, 0.4) is 0 Å². The second-order valence-corrected chi connectivity index (χ2v) is 3.41. The van der Waals surface area contributed by atoms with E-state index in [1.54, 1.807) is 0 Å². The lowest BCUT2D eigenvalue weighted by molar-refractivity contribution is -0.143. The zero-order chi connectivity index (χ0) is 11.0. The van der Waals surface area contributed by atoms with Crippen molar-refractivity contribution in [3.63, 3.8) is 0 Å². The number of rotatable bonds is 1. The van der Waals surface area contributed by atoms with Gasteiger partial charge in [0.05, 0.1) is 7.11 Å². The van der Waals surface area contributed by atoms with Gasteiger partial charge in [0.15, 0.2) is 5.78 Å². The van der Waals surface area contributed by atoms with Gasteiger partial charge in [-0.05, 0) is 18.1 Å². The third-order valence-corrected chi connectivity index (χ3v) is 2.59. The number of Topliss-reactive ketones (excluding diaryl/α,β-unsaturated/α-hetero) is 1. The number of carbonyl (C=O) groups excluding carboxylic acids is 2. The minimum absolute atomic E-state index is 0.105. The van der Waals surface area contributed by atoms with Crippen LogP contribution in [0.25, 0.3) is 0 Å². The second kappa shape index (κ2) is 3.46. The van der Waals surface area contributed by atoms with Gasteiger partial charge in [0, 0.05) is 5.56 Å². The van der Waals surface area contributed by atoms with Gasteiger partial charge < -0.3 is 4.74 Å². The minimum Gasteiger partial charge on any atom is -0.468 e. The molecule has 0 fully saturated rings. The number of halogens is 1. The number of esters is 1. The smallest absolute Gasteiger partial charge is 0.316 e. The Balaban J connectivity index is 2.41. The zero-order valence-corrected chi connectivity index (χ0v) is 8.12. The predicted molar refractivity (Wildman–Crippen MR) is 49.9 cm³/mol. The summed E-state index contributed by atoms with van der Waals surface area (Å²) in [6.07, 6.45) is 0.105. The van der Waals surface area contributed by atoms with Crippen molar-refractivity contribution in [2.75, 3.05) is 7.11 Å². The molecular weight excluding hydrogens is 199 g/mol. The molecule has 0 heterocycles. The van der Waals surface area contributed by atoms with E-state index in [2.05, 4.69) is 4.74 Å². The fourth-order valence-electron chi connectivity index (χ4n) is 1.81. The van der Waals surface area contributed by atoms with E-state index in [4.69, 9.17) is 0 Å². The summed E-state index contributed by atoms with van der Waals surface area (Å²) in [6, 6.07) is 4.28. The van der Waals surface area contributed by atoms with Crippen LogP contribution in [-0.4, -0.2) is 18.9 Å². The van der Waals surface area contributed by atoms with Crippen molar-refractivity contribution in [1.82, 2.24) is 0 Å². The highest BCUT2D eigenvalue weighted by Gasteiger charge is 2.37. The van der Waals surface area contributed by atoms with Crippen LogP contribution in [0.15, 0.2) is 18.2 Å². The molecule has 0 aliphatic heterocycles. The maximum atomic E-state index is 13.3. The molecule has 78 valence electrons. The van der Waals surface area contributed by atoms with E-state index in [1.165, 1.54) is 25.3 Å². The van der Waals surface area contributed by atoms with Crippen LogP contribution in [0.4, 0.5) is 4.39 Å². The third kappa shape index (κ3) is 1.42. The number of hydrogen-bond acceptors (Lipinski definition) is 3. The number of benzene rings is 1. The summed E-state index contributed by atoms with van der Waals surface area (Å²) < 4.78 is 17.8. The lowest BCUT2D eigenvalue weighted by Gasteiger charge is -2.03. The summed E-state index contributed by atoms with van der Waals surface area (Å²) in [4.78, 5) is 22.9. The van der Waals surface area contributed by atoms with Gasteiger partial charge in [0.1, 0.15) is 11.7 Å². The second-order valence-electron chi connectivity index (χ2n) is 3.41. The van der Waals surface area contributed by atoms with Gasteiger partial charge in [0.2, 0.25) is 0 Å². The van der Waals surface area contributed by atoms with Crippen molar-refractivity contribution in [3.05, 3.63) is 35.1 Å². The van der Waals surface area contributed by atoms with Crippen molar-refractivity contribution < 1.29 is 18.7 Å². The first-order valence-electron chi connectivity index (χ1n) is 4.54. The first kappa shape index (κ1) is 9.83. The molecule has 2 rings (SSSR count). The zero-order valence-electron chi connectivity index (χ0n) is 8.12. The molecule has 1 unspecified atom stereocenters. The Kier molecular flexibility index (Phi) is 2.26. The molecule has 3 nitrogen and oxygen atoms in total. The van der Waals surface area contributed by atoms with Crippen molar-refractivity contribution in [1.29, 1.82) is 0 Å². The average molecular weight is 208 g/mol. The Bertz CT molecular complexity index is 439. The predicted octanol–water partition coefficient (Wildman–Crippen LogP) is 1.35. The molecule has 1 aromatic rings. The Hall–Kier alpha value is -1.71. The molecule has 0 bridgehead atoms. The molecule has 0 saturated carbocycles. The summed E-state index contributed by atoms with van der Waals surface area (Å²) in [5.41, 5.74) is 0.614. The standard InChI is InChI=1S/C11H9FO3/c1-15-11(14)8-5-7-6(10(8)13)3-2-4-9(7)12/h2-4,8H,5H2,1H3. The van der Waals surface area contributed by atoms with E-state index >= 15 is 0 Å². The normalized spacial score (nSPS) is 18.8. The molecular formula is C11H9FO3. The molecule has 0 radical (unpaired) electrons. The number of ketones is 1. The van der Waals surface area contributed by atoms with E-state index in [0.29, 0.717) is 11.1 Å². The van der Waals surface area contributed by atoms with Gasteiger partial charge in [-0.1, -0.05) is 12.1 Å². The van der Waals surface area contributed by atoms with Gasteiger partial charge in [-0.3, -0.25) is 9.59 Å². The molecule has 0 aromatic heterocycles. The quantitative estimate of drug-likeness (QED) is 0.517. The van der Waals surface area contributed by atoms with E-state index < -0.39 is 17.7 Å². The number of carbonyl (C=O) groups is 2. The molecule has 1 aliphatic rings. The van der Waals surface area contributed by atoms with E-state index in [0.717, 1.165) is 0 Å². The van der Waals surface area contributed by atoms with Gasteiger partial charge in [-0.25, -0.2) is 4.39 Å². The molecule has 4 heteroatoms. The molecule has 1 aromatic carbocycles. The van der Waals surface area contributed by atoms with E-state index in [1.807, 2.05) is 0 Å². The topological polar surface area (TPSA) is 43.4 Å². The molecule has 1 aliphatic carbocycles. The van der Waals surface area contributed by atoms with Crippen LogP contribution < -0.4 is 0 Å². The summed E-state index contributed by atoms with van der Waals surface area (Å²) in [5, 5.41) is 0. The highest BCUT2D eigenvalue weighted by molar-refractivity contribution is 6.12. The third-order valence-electron chi connectivity index (χ3n) is 2.59. The van der Waals surface area contributed by atoms with E-state index in [9.17, 15) is 14.0 Å². The van der Waals surface area contributed by atoms with E-state index in [-0.39, 0.29) is 12.2 Å². The summed E-state index contributed by atoms with van der Waals surface area (Å²) >= 11 is 0. The monoisotopic (exact) mass is 208 g/mol. The largest absolute Gasteiger partial charge is 0.468 e. The Morgan fingerprint density at radius 1 is 1.53 bits per heavy atom. The Morgan fingerprint density at radius 2 is 2.27 bits per heavy atom. The van der Waals surface area contributed by atoms with Crippen LogP contribution in [0, 0.1) is 11.7 Å². The Morgan fingerprint density at radius 3 is 2.87 bits per heavy atom. The van der Waals surface area contributed by atoms with Gasteiger partial charge in [-0.2, -0.15) is 0 Å². The van der Waals surface area contributed by atoms with Crippen molar-refractivity contribution in [2.45, 2.75) is 6.42 Å². The first-order valence-corrected chi connectivity index (χ1v) is 4.54. The minimum atomic E-state index is -0.873. The molecule has 0 spiro atoms. The fourth-order valence-corrected chi connectivity index (χ4v) is 1.81. The number of methoxy groups -OCH3 is 1. The molecule has 15 heavy (non-hydrogen) atoms. The highest BCUT2D eigenvalue weighted by atomic mass is 19.1. The number of ether oxygens (including phenoxy) is 1. The Labute approximate surface area is 85.9 Å². The van der Waals surface area contributed by atoms with Crippen molar-refractivity contribution in [2.24, 2.45) is 5.92 Å². The fraction of sp³-hybridized carbons (Fsp3) is 0.273. The van der Waals surface area contributed by atoms with Gasteiger partial charge in [0.25, 0.3) is 0 Å². The number of hydrogen-bond donors (Lipinski definition) is 0. The molecule has 0 saturated heterocycles. The van der Waals surface area contributed by atoms with Crippen molar-refractivity contribution in [3.8, 4) is 0 Å². The van der Waals surface area contributed by atoms with Crippen molar-refractivity contribution >= 4 is 11.8 Å². The maximum absolute atomic E-state index is 13.3. The van der Waals surface area contributed by atoms with Crippen LogP contribution in [0.2, 0.25) is 0 Å². The van der Waals surface area contributed by atoms with Crippen LogP contribution in [0.5, 0.6) is 0 Å². The first-order chi connectivity index (χ1) is 7.15. The lowest BCUT2D eigenvalue weighted by atomic mass is 10.1. The summed E-state index contributed by atoms with van der Waals surface area (Å²) in [6.45, 7) is 0. The van der Waals surface area contributed by atoms with Crippen LogP contribution in [0.1, 0.15) is 15.9 Å². The summed E-state index contributed by atoms with van der Waals surface area (Å²) in [7, 11) is 1.22. The molecule has 0 amide bonds.